The molecule has 1 aromatic carbocycles. The molecule has 114 valence electrons. The third kappa shape index (κ3) is 4.34. The summed E-state index contributed by atoms with van der Waals surface area (Å²) >= 11 is 7.15. The molecule has 2 N–H and O–H groups in total. The third-order valence-corrected chi connectivity index (χ3v) is 4.68. The Labute approximate surface area is 143 Å². The van der Waals surface area contributed by atoms with E-state index in [0.717, 1.165) is 34.3 Å². The van der Waals surface area contributed by atoms with Crippen molar-refractivity contribution in [2.75, 3.05) is 19.7 Å². The Bertz CT molecular complexity index is 426. The van der Waals surface area contributed by atoms with E-state index in [0.29, 0.717) is 18.6 Å². The van der Waals surface area contributed by atoms with Gasteiger partial charge in [0.25, 0.3) is 0 Å². The molecule has 0 bridgehead atoms. The minimum atomic E-state index is 0. The first-order chi connectivity index (χ1) is 9.01. The highest BCUT2D eigenvalue weighted by Gasteiger charge is 2.26. The number of nitrogens with two attached hydrogens (primary N) is 1. The number of likely N-dealkylation sites (tertiary alicyclic amines) is 1. The molecule has 20 heavy (non-hydrogen) atoms. The van der Waals surface area contributed by atoms with Crippen LogP contribution in [0.25, 0.3) is 0 Å². The largest absolute Gasteiger partial charge is 0.492 e. The van der Waals surface area contributed by atoms with Crippen LogP contribution in [0.2, 0.25) is 0 Å². The summed E-state index contributed by atoms with van der Waals surface area (Å²) in [5.74, 6) is 1.45. The highest BCUT2D eigenvalue weighted by atomic mass is 79.9. The van der Waals surface area contributed by atoms with Gasteiger partial charge in [0.15, 0.2) is 0 Å². The monoisotopic (exact) mass is 426 g/mol. The van der Waals surface area contributed by atoms with E-state index in [4.69, 9.17) is 10.5 Å². The molecule has 0 aromatic heterocycles. The first kappa shape index (κ1) is 18.2. The minimum absolute atomic E-state index is 0. The van der Waals surface area contributed by atoms with Crippen molar-refractivity contribution in [1.29, 1.82) is 0 Å². The SMILES string of the molecule is CCOc1c(Br)cc(CN2CC(C)C(N)C2)cc1Br.Cl. The van der Waals surface area contributed by atoms with Gasteiger partial charge in [-0.3, -0.25) is 4.90 Å². The maximum atomic E-state index is 6.07. The van der Waals surface area contributed by atoms with Gasteiger partial charge in [-0.1, -0.05) is 6.92 Å². The molecule has 0 radical (unpaired) electrons. The molecule has 1 heterocycles. The second kappa shape index (κ2) is 7.99. The van der Waals surface area contributed by atoms with Gasteiger partial charge in [-0.05, 0) is 62.4 Å². The third-order valence-electron chi connectivity index (χ3n) is 3.50. The molecule has 2 rings (SSSR count). The van der Waals surface area contributed by atoms with Gasteiger partial charge in [-0.25, -0.2) is 0 Å². The molecule has 3 nitrogen and oxygen atoms in total. The number of rotatable bonds is 4. The summed E-state index contributed by atoms with van der Waals surface area (Å²) in [5, 5.41) is 0. The van der Waals surface area contributed by atoms with E-state index in [1.807, 2.05) is 6.92 Å². The van der Waals surface area contributed by atoms with Crippen LogP contribution in [0.15, 0.2) is 21.1 Å². The van der Waals surface area contributed by atoms with Crippen LogP contribution in [0, 0.1) is 5.92 Å². The van der Waals surface area contributed by atoms with E-state index in [9.17, 15) is 0 Å². The molecule has 2 unspecified atom stereocenters. The second-order valence-corrected chi connectivity index (χ2v) is 6.87. The normalized spacial score (nSPS) is 22.6. The molecule has 1 fully saturated rings. The lowest BCUT2D eigenvalue weighted by atomic mass is 10.1. The van der Waals surface area contributed by atoms with E-state index in [1.165, 1.54) is 5.56 Å². The Morgan fingerprint density at radius 3 is 2.35 bits per heavy atom. The lowest BCUT2D eigenvalue weighted by Crippen LogP contribution is -2.28. The number of benzene rings is 1. The Morgan fingerprint density at radius 1 is 1.30 bits per heavy atom. The Kier molecular flexibility index (Phi) is 7.29. The van der Waals surface area contributed by atoms with Gasteiger partial charge in [0.05, 0.1) is 15.6 Å². The van der Waals surface area contributed by atoms with Gasteiger partial charge < -0.3 is 10.5 Å². The number of hydrogen-bond acceptors (Lipinski definition) is 3. The van der Waals surface area contributed by atoms with Gasteiger partial charge in [-0.2, -0.15) is 0 Å². The molecule has 1 saturated heterocycles. The van der Waals surface area contributed by atoms with E-state index in [1.54, 1.807) is 0 Å². The van der Waals surface area contributed by atoms with Gasteiger partial charge >= 0.3 is 0 Å². The van der Waals surface area contributed by atoms with E-state index >= 15 is 0 Å². The van der Waals surface area contributed by atoms with E-state index < -0.39 is 0 Å². The van der Waals surface area contributed by atoms with Gasteiger partial charge in [0.1, 0.15) is 5.75 Å². The maximum absolute atomic E-state index is 6.07. The van der Waals surface area contributed by atoms with Crippen LogP contribution in [0.3, 0.4) is 0 Å². The zero-order valence-electron chi connectivity index (χ0n) is 11.7. The topological polar surface area (TPSA) is 38.5 Å². The summed E-state index contributed by atoms with van der Waals surface area (Å²) < 4.78 is 7.59. The molecule has 0 spiro atoms. The smallest absolute Gasteiger partial charge is 0.147 e. The summed E-state index contributed by atoms with van der Waals surface area (Å²) in [6.45, 7) is 7.85. The minimum Gasteiger partial charge on any atom is -0.492 e. The van der Waals surface area contributed by atoms with Crippen molar-refractivity contribution < 1.29 is 4.74 Å². The van der Waals surface area contributed by atoms with Crippen molar-refractivity contribution in [3.63, 3.8) is 0 Å². The number of ether oxygens (including phenoxy) is 1. The molecule has 2 atom stereocenters. The zero-order chi connectivity index (χ0) is 14.0. The Balaban J connectivity index is 0.00000200. The summed E-state index contributed by atoms with van der Waals surface area (Å²) in [5.41, 5.74) is 7.33. The molecule has 1 aromatic rings. The average Bonchev–Trinajstić information content (AvgIpc) is 2.63. The van der Waals surface area contributed by atoms with Crippen molar-refractivity contribution >= 4 is 44.3 Å². The van der Waals surface area contributed by atoms with E-state index in [2.05, 4.69) is 55.8 Å². The van der Waals surface area contributed by atoms with Crippen LogP contribution in [-0.4, -0.2) is 30.6 Å². The predicted octanol–water partition coefficient (Wildman–Crippen LogP) is 3.81. The van der Waals surface area contributed by atoms with Crippen molar-refractivity contribution in [2.24, 2.45) is 11.7 Å². The first-order valence-electron chi connectivity index (χ1n) is 6.60. The van der Waals surface area contributed by atoms with E-state index in [-0.39, 0.29) is 12.4 Å². The number of nitrogens with zero attached hydrogens (tertiary/aromatic N) is 1. The molecule has 0 amide bonds. The maximum Gasteiger partial charge on any atom is 0.147 e. The molecule has 0 aliphatic carbocycles. The summed E-state index contributed by atoms with van der Waals surface area (Å²) in [6.07, 6.45) is 0. The van der Waals surface area contributed by atoms with Crippen molar-refractivity contribution in [3.8, 4) is 5.75 Å². The quantitative estimate of drug-likeness (QED) is 0.793. The first-order valence-corrected chi connectivity index (χ1v) is 8.18. The second-order valence-electron chi connectivity index (χ2n) is 5.16. The molecule has 0 saturated carbocycles. The fourth-order valence-corrected chi connectivity index (χ4v) is 3.98. The van der Waals surface area contributed by atoms with Crippen LogP contribution in [-0.2, 0) is 6.54 Å². The van der Waals surface area contributed by atoms with Crippen LogP contribution < -0.4 is 10.5 Å². The van der Waals surface area contributed by atoms with Crippen LogP contribution in [0.5, 0.6) is 5.75 Å². The van der Waals surface area contributed by atoms with Crippen LogP contribution >= 0.6 is 44.3 Å². The standard InChI is InChI=1S/C14H20Br2N2O.ClH/c1-3-19-14-11(15)4-10(5-12(14)16)7-18-6-9(2)13(17)8-18;/h4-5,9,13H,3,6-8,17H2,1-2H3;1H. The molecule has 1 aliphatic rings. The zero-order valence-corrected chi connectivity index (χ0v) is 15.7. The summed E-state index contributed by atoms with van der Waals surface area (Å²) in [6, 6.07) is 4.56. The number of halogens is 3. The number of hydrogen-bond donors (Lipinski definition) is 1. The predicted molar refractivity (Wildman–Crippen MR) is 92.7 cm³/mol. The summed E-state index contributed by atoms with van der Waals surface area (Å²) in [4.78, 5) is 2.41. The van der Waals surface area contributed by atoms with Gasteiger partial charge in [0.2, 0.25) is 0 Å². The lowest BCUT2D eigenvalue weighted by molar-refractivity contribution is 0.317. The highest BCUT2D eigenvalue weighted by molar-refractivity contribution is 9.11. The van der Waals surface area contributed by atoms with Crippen molar-refractivity contribution in [3.05, 3.63) is 26.6 Å². The van der Waals surface area contributed by atoms with Crippen molar-refractivity contribution in [2.45, 2.75) is 26.4 Å². The van der Waals surface area contributed by atoms with Gasteiger partial charge in [0, 0.05) is 25.7 Å². The van der Waals surface area contributed by atoms with Crippen LogP contribution in [0.1, 0.15) is 19.4 Å². The van der Waals surface area contributed by atoms with Crippen molar-refractivity contribution in [1.82, 2.24) is 4.90 Å². The Hall–Kier alpha value is 0.190. The molecular weight excluding hydrogens is 407 g/mol. The molecular formula is C14H21Br2ClN2O. The molecule has 1 aliphatic heterocycles. The van der Waals surface area contributed by atoms with Crippen LogP contribution in [0.4, 0.5) is 0 Å². The highest BCUT2D eigenvalue weighted by Crippen LogP contribution is 2.35. The summed E-state index contributed by atoms with van der Waals surface area (Å²) in [7, 11) is 0. The fourth-order valence-electron chi connectivity index (χ4n) is 2.47. The average molecular weight is 429 g/mol. The lowest BCUT2D eigenvalue weighted by Gasteiger charge is -2.17. The Morgan fingerprint density at radius 2 is 1.90 bits per heavy atom. The fraction of sp³-hybridized carbons (Fsp3) is 0.571. The molecule has 6 heteroatoms. The van der Waals surface area contributed by atoms with Gasteiger partial charge in [-0.15, -0.1) is 12.4 Å².